The van der Waals surface area contributed by atoms with Gasteiger partial charge in [0.1, 0.15) is 11.3 Å². The zero-order valence-corrected chi connectivity index (χ0v) is 20.5. The van der Waals surface area contributed by atoms with Crippen molar-refractivity contribution in [2.24, 2.45) is 10.9 Å². The normalized spacial score (nSPS) is 21.7. The molecule has 7 nitrogen and oxygen atoms in total. The fraction of sp³-hybridized carbons (Fsp3) is 0.560. The number of nitrogens with one attached hydrogen (secondary N) is 1. The molecule has 2 fully saturated rings. The highest BCUT2D eigenvalue weighted by atomic mass is 19.4. The Labute approximate surface area is 214 Å². The lowest BCUT2D eigenvalue weighted by atomic mass is 9.90. The Balaban J connectivity index is 1.56. The first-order valence-corrected chi connectivity index (χ1v) is 12.3. The van der Waals surface area contributed by atoms with Gasteiger partial charge in [-0.05, 0) is 49.5 Å². The molecule has 0 aromatic heterocycles. The molecule has 3 aliphatic rings. The summed E-state index contributed by atoms with van der Waals surface area (Å²) in [6, 6.07) is 1.62. The second-order valence-corrected chi connectivity index (χ2v) is 9.83. The fourth-order valence-corrected chi connectivity index (χ4v) is 5.14. The maximum Gasteiger partial charge on any atom is 0.430 e. The van der Waals surface area contributed by atoms with Crippen LogP contribution in [-0.2, 0) is 16.8 Å². The number of aliphatic hydroxyl groups is 1. The molecule has 3 amide bonds. The molecule has 1 spiro atoms. The second-order valence-electron chi connectivity index (χ2n) is 9.83. The number of alkyl halides is 6. The standard InChI is InChI=1S/C25H27F6N3O4/c1-2-5-16-13-17(23(37,24(26,27)28)25(29,30)31)6-7-18(16)38-19-12-15(8-11-32-19)14-34-20(35)22(33-21(34)36)9-3-4-10-22/h6-7,11-13,15,37H,2-5,8-10,14H2,1H3,(H,33,36)/t15-/m0/s1. The molecular formula is C25H27F6N3O4. The van der Waals surface area contributed by atoms with Crippen molar-refractivity contribution in [3.8, 4) is 5.75 Å². The summed E-state index contributed by atoms with van der Waals surface area (Å²) < 4.78 is 85.9. The number of aryl methyl sites for hydroxylation is 1. The molecule has 0 unspecified atom stereocenters. The lowest BCUT2D eigenvalue weighted by Gasteiger charge is -2.33. The molecule has 1 saturated carbocycles. The zero-order valence-electron chi connectivity index (χ0n) is 20.5. The molecule has 0 bridgehead atoms. The first-order valence-electron chi connectivity index (χ1n) is 12.3. The number of nitrogens with zero attached hydrogens (tertiary/aromatic N) is 2. The molecule has 1 atom stereocenters. The van der Waals surface area contributed by atoms with Crippen molar-refractivity contribution in [3.05, 3.63) is 41.3 Å². The van der Waals surface area contributed by atoms with Crippen molar-refractivity contribution in [3.63, 3.8) is 0 Å². The molecule has 1 aromatic rings. The number of aliphatic imine (C=N–C) groups is 1. The van der Waals surface area contributed by atoms with E-state index >= 15 is 0 Å². The minimum Gasteiger partial charge on any atom is -0.439 e. The Morgan fingerprint density at radius 3 is 2.39 bits per heavy atom. The van der Waals surface area contributed by atoms with Crippen molar-refractivity contribution in [1.82, 2.24) is 10.2 Å². The van der Waals surface area contributed by atoms with Crippen LogP contribution in [0.3, 0.4) is 0 Å². The number of imide groups is 1. The van der Waals surface area contributed by atoms with E-state index in [4.69, 9.17) is 4.74 Å². The molecule has 1 aromatic carbocycles. The largest absolute Gasteiger partial charge is 0.439 e. The number of rotatable bonds is 7. The van der Waals surface area contributed by atoms with Crippen LogP contribution >= 0.6 is 0 Å². The van der Waals surface area contributed by atoms with Crippen molar-refractivity contribution in [2.45, 2.75) is 75.4 Å². The Hall–Kier alpha value is -3.09. The molecule has 2 heterocycles. The van der Waals surface area contributed by atoms with Crippen LogP contribution in [0.4, 0.5) is 31.1 Å². The highest BCUT2D eigenvalue weighted by Crippen LogP contribution is 2.50. The molecule has 13 heteroatoms. The van der Waals surface area contributed by atoms with Gasteiger partial charge < -0.3 is 15.2 Å². The summed E-state index contributed by atoms with van der Waals surface area (Å²) in [6.45, 7) is 1.75. The summed E-state index contributed by atoms with van der Waals surface area (Å²) in [4.78, 5) is 30.7. The van der Waals surface area contributed by atoms with Gasteiger partial charge in [-0.2, -0.15) is 26.3 Å². The number of carbonyl (C=O) groups is 2. The number of ether oxygens (including phenoxy) is 1. The average Bonchev–Trinajstić information content (AvgIpc) is 3.39. The predicted molar refractivity (Wildman–Crippen MR) is 123 cm³/mol. The van der Waals surface area contributed by atoms with Gasteiger partial charge in [0, 0.05) is 24.2 Å². The fourth-order valence-electron chi connectivity index (χ4n) is 5.14. The Morgan fingerprint density at radius 1 is 1.13 bits per heavy atom. The first kappa shape index (κ1) is 27.9. The number of halogens is 6. The summed E-state index contributed by atoms with van der Waals surface area (Å²) in [5.74, 6) is -0.633. The molecule has 1 aliphatic carbocycles. The first-order chi connectivity index (χ1) is 17.7. The third kappa shape index (κ3) is 4.87. The van der Waals surface area contributed by atoms with E-state index in [1.807, 2.05) is 0 Å². The lowest BCUT2D eigenvalue weighted by molar-refractivity contribution is -0.376. The van der Waals surface area contributed by atoms with Crippen LogP contribution in [0.2, 0.25) is 0 Å². The minimum atomic E-state index is -6.00. The van der Waals surface area contributed by atoms with Gasteiger partial charge in [0.25, 0.3) is 11.5 Å². The molecule has 4 rings (SSSR count). The summed E-state index contributed by atoms with van der Waals surface area (Å²) in [7, 11) is 0. The molecule has 38 heavy (non-hydrogen) atoms. The molecule has 2 aliphatic heterocycles. The Morgan fingerprint density at radius 2 is 1.79 bits per heavy atom. The quantitative estimate of drug-likeness (QED) is 0.366. The van der Waals surface area contributed by atoms with Crippen molar-refractivity contribution in [2.75, 3.05) is 6.54 Å². The maximum absolute atomic E-state index is 13.4. The number of amides is 3. The number of urea groups is 1. The minimum absolute atomic E-state index is 0.0208. The van der Waals surface area contributed by atoms with Gasteiger partial charge in [-0.25, -0.2) is 9.79 Å². The average molecular weight is 547 g/mol. The molecule has 0 radical (unpaired) electrons. The van der Waals surface area contributed by atoms with Gasteiger partial charge >= 0.3 is 18.4 Å². The van der Waals surface area contributed by atoms with E-state index in [0.29, 0.717) is 37.8 Å². The van der Waals surface area contributed by atoms with E-state index in [1.54, 1.807) is 13.0 Å². The zero-order chi connectivity index (χ0) is 27.9. The van der Waals surface area contributed by atoms with E-state index in [-0.39, 0.29) is 42.0 Å². The van der Waals surface area contributed by atoms with Crippen LogP contribution in [-0.4, -0.2) is 52.6 Å². The van der Waals surface area contributed by atoms with Gasteiger partial charge in [0.2, 0.25) is 5.88 Å². The van der Waals surface area contributed by atoms with Crippen molar-refractivity contribution in [1.29, 1.82) is 0 Å². The maximum atomic E-state index is 13.4. The predicted octanol–water partition coefficient (Wildman–Crippen LogP) is 5.13. The van der Waals surface area contributed by atoms with Crippen LogP contribution in [0.5, 0.6) is 5.75 Å². The van der Waals surface area contributed by atoms with Gasteiger partial charge in [-0.3, -0.25) is 9.69 Å². The SMILES string of the molecule is CCCc1cc(C(O)(C(F)(F)F)C(F)(F)F)ccc1OC1=C[C@@H](CN2C(=O)NC3(CCCC3)C2=O)CC=N1. The Bertz CT molecular complexity index is 1140. The highest BCUT2D eigenvalue weighted by molar-refractivity contribution is 6.07. The third-order valence-electron chi connectivity index (χ3n) is 7.16. The van der Waals surface area contributed by atoms with Crippen molar-refractivity contribution >= 4 is 18.2 Å². The third-order valence-corrected chi connectivity index (χ3v) is 7.16. The second kappa shape index (κ2) is 9.90. The van der Waals surface area contributed by atoms with E-state index in [2.05, 4.69) is 10.3 Å². The van der Waals surface area contributed by atoms with Crippen LogP contribution in [0.15, 0.2) is 35.2 Å². The summed E-state index contributed by atoms with van der Waals surface area (Å²) >= 11 is 0. The van der Waals surface area contributed by atoms with Crippen LogP contribution < -0.4 is 10.1 Å². The summed E-state index contributed by atoms with van der Waals surface area (Å²) in [5.41, 5.74) is -7.25. The van der Waals surface area contributed by atoms with E-state index < -0.39 is 35.1 Å². The van der Waals surface area contributed by atoms with E-state index in [0.717, 1.165) is 23.8 Å². The number of carbonyl (C=O) groups excluding carboxylic acids is 2. The summed E-state index contributed by atoms with van der Waals surface area (Å²) in [5, 5.41) is 12.6. The van der Waals surface area contributed by atoms with E-state index in [9.17, 15) is 41.0 Å². The van der Waals surface area contributed by atoms with Gasteiger partial charge in [0.15, 0.2) is 0 Å². The topological polar surface area (TPSA) is 91.2 Å². The van der Waals surface area contributed by atoms with E-state index in [1.165, 1.54) is 6.21 Å². The van der Waals surface area contributed by atoms with Gasteiger partial charge in [-0.1, -0.05) is 32.3 Å². The number of benzene rings is 1. The Kier molecular flexibility index (Phi) is 7.28. The smallest absolute Gasteiger partial charge is 0.430 e. The van der Waals surface area contributed by atoms with Crippen LogP contribution in [0.1, 0.15) is 56.6 Å². The lowest BCUT2D eigenvalue weighted by Crippen LogP contribution is -2.53. The summed E-state index contributed by atoms with van der Waals surface area (Å²) in [6.07, 6.45) is -5.26. The molecule has 2 N–H and O–H groups in total. The molecule has 1 saturated heterocycles. The monoisotopic (exact) mass is 547 g/mol. The molecular weight excluding hydrogens is 520 g/mol. The van der Waals surface area contributed by atoms with Crippen LogP contribution in [0.25, 0.3) is 0 Å². The van der Waals surface area contributed by atoms with Crippen molar-refractivity contribution < 1.29 is 45.8 Å². The van der Waals surface area contributed by atoms with Crippen LogP contribution in [0, 0.1) is 5.92 Å². The number of hydrogen-bond donors (Lipinski definition) is 2. The highest BCUT2D eigenvalue weighted by Gasteiger charge is 2.71. The number of hydrogen-bond acceptors (Lipinski definition) is 5. The molecule has 208 valence electrons. The van der Waals surface area contributed by atoms with Gasteiger partial charge in [-0.15, -0.1) is 0 Å². The van der Waals surface area contributed by atoms with Gasteiger partial charge in [0.05, 0.1) is 0 Å².